The number of carbonyl (C=O) groups is 2. The summed E-state index contributed by atoms with van der Waals surface area (Å²) in [6, 6.07) is 16.7. The van der Waals surface area contributed by atoms with E-state index < -0.39 is 17.9 Å². The first kappa shape index (κ1) is 21.5. The van der Waals surface area contributed by atoms with E-state index in [-0.39, 0.29) is 30.0 Å². The van der Waals surface area contributed by atoms with Crippen molar-refractivity contribution in [3.05, 3.63) is 90.1 Å². The molecule has 1 aromatic heterocycles. The molecule has 1 aliphatic carbocycles. The minimum Gasteiger partial charge on any atom is -0.350 e. The number of nitrogens with zero attached hydrogens (tertiary/aromatic N) is 3. The van der Waals surface area contributed by atoms with Crippen LogP contribution >= 0.6 is 0 Å². The molecule has 1 saturated carbocycles. The van der Waals surface area contributed by atoms with Crippen LogP contribution in [0, 0.1) is 17.6 Å². The number of rotatable bonds is 5. The minimum atomic E-state index is -0.537. The summed E-state index contributed by atoms with van der Waals surface area (Å²) in [4.78, 5) is 27.4. The van der Waals surface area contributed by atoms with Crippen LogP contribution in [-0.4, -0.2) is 27.6 Å². The summed E-state index contributed by atoms with van der Waals surface area (Å²) in [6.07, 6.45) is 3.53. The highest BCUT2D eigenvalue weighted by atomic mass is 19.1. The molecule has 2 amide bonds. The Balaban J connectivity index is 1.39. The molecule has 1 aliphatic heterocycles. The van der Waals surface area contributed by atoms with Gasteiger partial charge in [-0.3, -0.25) is 9.59 Å². The lowest BCUT2D eigenvalue weighted by atomic mass is 9.99. The number of benzene rings is 3. The van der Waals surface area contributed by atoms with E-state index in [4.69, 9.17) is 0 Å². The first-order chi connectivity index (χ1) is 17.0. The van der Waals surface area contributed by atoms with Crippen LogP contribution in [0.3, 0.4) is 0 Å². The average Bonchev–Trinajstić information content (AvgIpc) is 3.54. The van der Waals surface area contributed by atoms with Crippen molar-refractivity contribution >= 4 is 28.4 Å². The molecule has 2 aliphatic rings. The maximum Gasteiger partial charge on any atom is 0.229 e. The largest absolute Gasteiger partial charge is 0.350 e. The zero-order chi connectivity index (χ0) is 24.1. The molecule has 0 radical (unpaired) electrons. The molecule has 2 unspecified atom stereocenters. The van der Waals surface area contributed by atoms with Gasteiger partial charge in [0.25, 0.3) is 0 Å². The lowest BCUT2D eigenvalue weighted by Crippen LogP contribution is -2.40. The second-order valence-electron chi connectivity index (χ2n) is 9.13. The molecule has 176 valence electrons. The second kappa shape index (κ2) is 8.30. The smallest absolute Gasteiger partial charge is 0.229 e. The third-order valence-corrected chi connectivity index (χ3v) is 6.69. The molecule has 0 spiro atoms. The molecular formula is C27H22F2N4O2. The van der Waals surface area contributed by atoms with Gasteiger partial charge in [-0.05, 0) is 73.0 Å². The fourth-order valence-corrected chi connectivity index (χ4v) is 4.84. The topological polar surface area (TPSA) is 67.2 Å². The molecule has 1 N–H and O–H groups in total. The van der Waals surface area contributed by atoms with Crippen molar-refractivity contribution in [1.29, 1.82) is 0 Å². The highest BCUT2D eigenvalue weighted by Crippen LogP contribution is 2.39. The van der Waals surface area contributed by atoms with Gasteiger partial charge in [0.2, 0.25) is 11.8 Å². The second-order valence-corrected chi connectivity index (χ2v) is 9.13. The van der Waals surface area contributed by atoms with Crippen LogP contribution in [-0.2, 0) is 9.59 Å². The van der Waals surface area contributed by atoms with Crippen molar-refractivity contribution in [3.63, 3.8) is 0 Å². The van der Waals surface area contributed by atoms with Gasteiger partial charge in [0, 0.05) is 23.4 Å². The van der Waals surface area contributed by atoms with E-state index in [0.29, 0.717) is 16.9 Å². The summed E-state index contributed by atoms with van der Waals surface area (Å²) in [6.45, 7) is 0. The van der Waals surface area contributed by atoms with E-state index in [1.807, 2.05) is 18.2 Å². The number of amides is 2. The summed E-state index contributed by atoms with van der Waals surface area (Å²) in [7, 11) is 0. The van der Waals surface area contributed by atoms with Crippen LogP contribution in [0.5, 0.6) is 0 Å². The third kappa shape index (κ3) is 3.95. The Kier molecular flexibility index (Phi) is 5.09. The molecule has 4 aromatic rings. The Labute approximate surface area is 200 Å². The Morgan fingerprint density at radius 3 is 2.46 bits per heavy atom. The molecule has 2 heterocycles. The fraction of sp³-hybridized carbons (Fsp3) is 0.222. The van der Waals surface area contributed by atoms with E-state index in [1.54, 1.807) is 40.0 Å². The highest BCUT2D eigenvalue weighted by Gasteiger charge is 2.44. The van der Waals surface area contributed by atoms with Gasteiger partial charge in [-0.25, -0.2) is 13.5 Å². The van der Waals surface area contributed by atoms with Crippen molar-refractivity contribution < 1.29 is 18.4 Å². The van der Waals surface area contributed by atoms with Gasteiger partial charge in [-0.15, -0.1) is 0 Å². The zero-order valence-electron chi connectivity index (χ0n) is 18.7. The molecule has 6 rings (SSSR count). The molecular weight excluding hydrogens is 450 g/mol. The predicted molar refractivity (Wildman–Crippen MR) is 127 cm³/mol. The summed E-state index contributed by atoms with van der Waals surface area (Å²) < 4.78 is 29.2. The molecule has 2 fully saturated rings. The number of fused-ring (bicyclic) bond motifs is 1. The number of hydrogen-bond donors (Lipinski definition) is 1. The van der Waals surface area contributed by atoms with Crippen molar-refractivity contribution in [2.45, 2.75) is 31.3 Å². The van der Waals surface area contributed by atoms with Crippen molar-refractivity contribution in [2.24, 2.45) is 5.92 Å². The first-order valence-electron chi connectivity index (χ1n) is 11.6. The van der Waals surface area contributed by atoms with Crippen molar-refractivity contribution in [1.82, 2.24) is 15.1 Å². The van der Waals surface area contributed by atoms with E-state index >= 15 is 0 Å². The number of carbonyl (C=O) groups excluding carboxylic acids is 2. The number of hydrogen-bond acceptors (Lipinski definition) is 3. The average molecular weight is 472 g/mol. The normalized spacial score (nSPS) is 19.9. The van der Waals surface area contributed by atoms with Crippen LogP contribution in [0.4, 0.5) is 14.5 Å². The van der Waals surface area contributed by atoms with Gasteiger partial charge in [-0.1, -0.05) is 12.1 Å². The first-order valence-corrected chi connectivity index (χ1v) is 11.6. The van der Waals surface area contributed by atoms with Crippen LogP contribution in [0.2, 0.25) is 0 Å². The molecule has 0 bridgehead atoms. The highest BCUT2D eigenvalue weighted by molar-refractivity contribution is 6.00. The summed E-state index contributed by atoms with van der Waals surface area (Å²) in [5.41, 5.74) is 2.78. The molecule has 35 heavy (non-hydrogen) atoms. The standard InChI is InChI=1S/C27H22F2N4O2/c28-19-6-8-21(9-7-19)33-24-11-10-22(13-18(24)15-30-33)32-25(34)14-23(31-27(35)16-4-5-16)26(32)17-2-1-3-20(29)12-17/h1-3,6-13,15-16,23,26H,4-5,14H2,(H,31,35). The van der Waals surface area contributed by atoms with Gasteiger partial charge >= 0.3 is 0 Å². The lowest BCUT2D eigenvalue weighted by Gasteiger charge is -2.29. The lowest BCUT2D eigenvalue weighted by molar-refractivity contribution is -0.123. The van der Waals surface area contributed by atoms with Crippen molar-refractivity contribution in [3.8, 4) is 5.69 Å². The van der Waals surface area contributed by atoms with Crippen LogP contribution in [0.15, 0.2) is 72.9 Å². The van der Waals surface area contributed by atoms with E-state index in [1.165, 1.54) is 24.3 Å². The van der Waals surface area contributed by atoms with E-state index in [2.05, 4.69) is 10.4 Å². The van der Waals surface area contributed by atoms with Gasteiger partial charge in [0.15, 0.2) is 0 Å². The maximum atomic E-state index is 14.1. The SMILES string of the molecule is O=C(NC1CC(=O)N(c2ccc3c(cnn3-c3ccc(F)cc3)c2)C1c1cccc(F)c1)C1CC1. The molecule has 6 nitrogen and oxygen atoms in total. The zero-order valence-corrected chi connectivity index (χ0v) is 18.7. The van der Waals surface area contributed by atoms with E-state index in [0.717, 1.165) is 23.7 Å². The Morgan fingerprint density at radius 1 is 0.943 bits per heavy atom. The maximum absolute atomic E-state index is 14.1. The monoisotopic (exact) mass is 472 g/mol. The minimum absolute atomic E-state index is 0.000891. The number of halogens is 2. The molecule has 3 aromatic carbocycles. The number of nitrogens with one attached hydrogen (secondary N) is 1. The molecule has 2 atom stereocenters. The quantitative estimate of drug-likeness (QED) is 0.459. The van der Waals surface area contributed by atoms with Gasteiger partial charge in [-0.2, -0.15) is 5.10 Å². The summed E-state index contributed by atoms with van der Waals surface area (Å²) in [5, 5.41) is 8.27. The molecule has 1 saturated heterocycles. The summed E-state index contributed by atoms with van der Waals surface area (Å²) >= 11 is 0. The van der Waals surface area contributed by atoms with E-state index in [9.17, 15) is 18.4 Å². The van der Waals surface area contributed by atoms with Crippen LogP contribution < -0.4 is 10.2 Å². The Hall–Kier alpha value is -4.07. The van der Waals surface area contributed by atoms with Crippen LogP contribution in [0.25, 0.3) is 16.6 Å². The predicted octanol–water partition coefficient (Wildman–Crippen LogP) is 4.68. The number of anilines is 1. The fourth-order valence-electron chi connectivity index (χ4n) is 4.84. The Morgan fingerprint density at radius 2 is 1.71 bits per heavy atom. The Bertz CT molecular complexity index is 1450. The third-order valence-electron chi connectivity index (χ3n) is 6.69. The molecule has 8 heteroatoms. The van der Waals surface area contributed by atoms with Gasteiger partial charge in [0.05, 0.1) is 29.5 Å². The number of aromatic nitrogens is 2. The van der Waals surface area contributed by atoms with Gasteiger partial charge in [0.1, 0.15) is 11.6 Å². The van der Waals surface area contributed by atoms with Crippen molar-refractivity contribution in [2.75, 3.05) is 4.90 Å². The van der Waals surface area contributed by atoms with Gasteiger partial charge < -0.3 is 10.2 Å². The summed E-state index contributed by atoms with van der Waals surface area (Å²) in [5.74, 6) is -0.925. The van der Waals surface area contributed by atoms with Crippen LogP contribution in [0.1, 0.15) is 30.9 Å².